The van der Waals surface area contributed by atoms with Crippen LogP contribution >= 0.6 is 11.3 Å². The second-order valence-electron chi connectivity index (χ2n) is 5.17. The number of esters is 1. The zero-order valence-electron chi connectivity index (χ0n) is 13.3. The van der Waals surface area contributed by atoms with Crippen molar-refractivity contribution in [1.29, 1.82) is 0 Å². The topological polar surface area (TPSA) is 99.0 Å². The highest BCUT2D eigenvalue weighted by Crippen LogP contribution is 2.21. The number of benzene rings is 1. The van der Waals surface area contributed by atoms with Gasteiger partial charge in [0, 0.05) is 0 Å². The van der Waals surface area contributed by atoms with Crippen molar-refractivity contribution in [3.8, 4) is 5.69 Å². The average molecular weight is 357 g/mol. The van der Waals surface area contributed by atoms with E-state index >= 15 is 0 Å². The van der Waals surface area contributed by atoms with Crippen molar-refractivity contribution in [1.82, 2.24) is 25.5 Å². The summed E-state index contributed by atoms with van der Waals surface area (Å²) in [6, 6.07) is 11.1. The molecule has 2 heterocycles. The van der Waals surface area contributed by atoms with Gasteiger partial charge in [-0.2, -0.15) is 4.68 Å². The molecule has 9 heteroatoms. The second kappa shape index (κ2) is 7.67. The van der Waals surface area contributed by atoms with Gasteiger partial charge in [-0.05, 0) is 34.4 Å². The number of tetrazole rings is 1. The van der Waals surface area contributed by atoms with Gasteiger partial charge in [0.15, 0.2) is 6.61 Å². The lowest BCUT2D eigenvalue weighted by Gasteiger charge is -2.14. The fourth-order valence-electron chi connectivity index (χ4n) is 2.21. The third-order valence-electron chi connectivity index (χ3n) is 3.44. The number of carbonyl (C=O) groups excluding carboxylic acids is 2. The summed E-state index contributed by atoms with van der Waals surface area (Å²) in [4.78, 5) is 24.5. The molecule has 3 aromatic rings. The van der Waals surface area contributed by atoms with E-state index in [2.05, 4.69) is 20.8 Å². The number of rotatable bonds is 6. The summed E-state index contributed by atoms with van der Waals surface area (Å²) < 4.78 is 6.47. The van der Waals surface area contributed by atoms with E-state index in [0.717, 1.165) is 5.56 Å². The second-order valence-corrected chi connectivity index (χ2v) is 6.08. The van der Waals surface area contributed by atoms with Crippen LogP contribution in [0.3, 0.4) is 0 Å². The zero-order valence-corrected chi connectivity index (χ0v) is 14.1. The Labute approximate surface area is 147 Å². The fourth-order valence-corrected chi connectivity index (χ4v) is 2.98. The number of nitrogens with zero attached hydrogens (tertiary/aromatic N) is 4. The monoisotopic (exact) mass is 357 g/mol. The molecule has 0 bridgehead atoms. The molecule has 0 radical (unpaired) electrons. The van der Waals surface area contributed by atoms with E-state index in [1.165, 1.54) is 22.3 Å². The molecule has 25 heavy (non-hydrogen) atoms. The molecule has 0 fully saturated rings. The number of ether oxygens (including phenoxy) is 1. The Kier molecular flexibility index (Phi) is 5.14. The first-order chi connectivity index (χ1) is 12.1. The lowest BCUT2D eigenvalue weighted by molar-refractivity contribution is -0.124. The first kappa shape index (κ1) is 16.8. The third-order valence-corrected chi connectivity index (χ3v) is 4.32. The Morgan fingerprint density at radius 2 is 2.08 bits per heavy atom. The lowest BCUT2D eigenvalue weighted by atomic mass is 10.1. The minimum Gasteiger partial charge on any atom is -0.451 e. The summed E-state index contributed by atoms with van der Waals surface area (Å²) in [5, 5.41) is 15.3. The molecule has 0 aliphatic rings. The number of amides is 1. The van der Waals surface area contributed by atoms with Crippen molar-refractivity contribution < 1.29 is 14.3 Å². The van der Waals surface area contributed by atoms with Crippen LogP contribution in [0.15, 0.2) is 48.1 Å². The molecule has 0 saturated carbocycles. The molecule has 1 unspecified atom stereocenters. The van der Waals surface area contributed by atoms with Gasteiger partial charge in [0.2, 0.25) is 0 Å². The maximum Gasteiger partial charge on any atom is 0.351 e. The molecule has 0 spiro atoms. The molecule has 0 aliphatic carbocycles. The van der Waals surface area contributed by atoms with E-state index in [4.69, 9.17) is 4.74 Å². The minimum atomic E-state index is -0.594. The van der Waals surface area contributed by atoms with Crippen molar-refractivity contribution in [2.45, 2.75) is 13.0 Å². The first-order valence-electron chi connectivity index (χ1n) is 7.47. The minimum absolute atomic E-state index is 0.175. The van der Waals surface area contributed by atoms with E-state index in [1.807, 2.05) is 37.3 Å². The van der Waals surface area contributed by atoms with Gasteiger partial charge in [-0.25, -0.2) is 4.79 Å². The quantitative estimate of drug-likeness (QED) is 0.675. The largest absolute Gasteiger partial charge is 0.451 e. The molecule has 8 nitrogen and oxygen atoms in total. The van der Waals surface area contributed by atoms with Gasteiger partial charge in [-0.1, -0.05) is 30.3 Å². The Bertz CT molecular complexity index is 848. The third kappa shape index (κ3) is 4.07. The summed E-state index contributed by atoms with van der Waals surface area (Å²) in [5.41, 5.74) is 1.49. The Hall–Kier alpha value is -3.07. The van der Waals surface area contributed by atoms with Crippen molar-refractivity contribution in [3.05, 3.63) is 58.5 Å². The van der Waals surface area contributed by atoms with Gasteiger partial charge in [0.05, 0.1) is 11.7 Å². The van der Waals surface area contributed by atoms with Crippen LogP contribution in [0.1, 0.15) is 28.2 Å². The van der Waals surface area contributed by atoms with Gasteiger partial charge in [0.1, 0.15) is 11.2 Å². The molecule has 0 saturated heterocycles. The van der Waals surface area contributed by atoms with Crippen LogP contribution in [0.25, 0.3) is 5.69 Å². The van der Waals surface area contributed by atoms with Crippen molar-refractivity contribution >= 4 is 23.2 Å². The number of nitrogens with one attached hydrogen (secondary N) is 1. The summed E-state index contributed by atoms with van der Waals surface area (Å²) in [5.74, 6) is -0.965. The van der Waals surface area contributed by atoms with Crippen molar-refractivity contribution in [2.75, 3.05) is 6.61 Å². The lowest BCUT2D eigenvalue weighted by Crippen LogP contribution is -2.31. The smallest absolute Gasteiger partial charge is 0.351 e. The van der Waals surface area contributed by atoms with E-state index in [0.29, 0.717) is 10.6 Å². The van der Waals surface area contributed by atoms with Crippen molar-refractivity contribution in [3.63, 3.8) is 0 Å². The summed E-state index contributed by atoms with van der Waals surface area (Å²) >= 11 is 1.20. The van der Waals surface area contributed by atoms with Gasteiger partial charge in [0.25, 0.3) is 5.91 Å². The maximum atomic E-state index is 12.2. The van der Waals surface area contributed by atoms with E-state index < -0.39 is 5.97 Å². The fraction of sp³-hybridized carbons (Fsp3) is 0.188. The Balaban J connectivity index is 1.56. The Morgan fingerprint density at radius 3 is 2.80 bits per heavy atom. The number of thiophene rings is 1. The summed E-state index contributed by atoms with van der Waals surface area (Å²) in [7, 11) is 0. The van der Waals surface area contributed by atoms with Crippen LogP contribution in [-0.4, -0.2) is 38.7 Å². The van der Waals surface area contributed by atoms with Gasteiger partial charge < -0.3 is 10.1 Å². The Morgan fingerprint density at radius 1 is 1.28 bits per heavy atom. The van der Waals surface area contributed by atoms with Crippen LogP contribution in [0.5, 0.6) is 0 Å². The molecular formula is C16H15N5O3S. The average Bonchev–Trinajstić information content (AvgIpc) is 3.31. The molecule has 1 N–H and O–H groups in total. The number of aromatic nitrogens is 4. The normalized spacial score (nSPS) is 11.7. The summed E-state index contributed by atoms with van der Waals surface area (Å²) in [6.07, 6.45) is 1.38. The molecule has 128 valence electrons. The van der Waals surface area contributed by atoms with Crippen molar-refractivity contribution in [2.24, 2.45) is 0 Å². The van der Waals surface area contributed by atoms with Gasteiger partial charge >= 0.3 is 5.97 Å². The molecule has 1 amide bonds. The maximum absolute atomic E-state index is 12.2. The first-order valence-corrected chi connectivity index (χ1v) is 8.35. The predicted molar refractivity (Wildman–Crippen MR) is 90.3 cm³/mol. The van der Waals surface area contributed by atoms with E-state index in [-0.39, 0.29) is 18.6 Å². The SMILES string of the molecule is CC(NC(=O)COC(=O)c1sccc1-n1cnnn1)c1ccccc1. The van der Waals surface area contributed by atoms with Gasteiger partial charge in [-0.3, -0.25) is 4.79 Å². The molecular weight excluding hydrogens is 342 g/mol. The number of hydrogen-bond donors (Lipinski definition) is 1. The number of carbonyl (C=O) groups is 2. The van der Waals surface area contributed by atoms with Crippen LogP contribution in [0.4, 0.5) is 0 Å². The van der Waals surface area contributed by atoms with Crippen LogP contribution in [0, 0.1) is 0 Å². The van der Waals surface area contributed by atoms with E-state index in [1.54, 1.807) is 11.4 Å². The predicted octanol–water partition coefficient (Wildman–Crippen LogP) is 1.76. The van der Waals surface area contributed by atoms with Gasteiger partial charge in [-0.15, -0.1) is 16.4 Å². The molecule has 3 rings (SSSR count). The highest BCUT2D eigenvalue weighted by atomic mass is 32.1. The van der Waals surface area contributed by atoms with Crippen LogP contribution < -0.4 is 5.32 Å². The zero-order chi connectivity index (χ0) is 17.6. The van der Waals surface area contributed by atoms with Crippen LogP contribution in [0.2, 0.25) is 0 Å². The highest BCUT2D eigenvalue weighted by Gasteiger charge is 2.19. The molecule has 1 atom stereocenters. The molecule has 0 aliphatic heterocycles. The van der Waals surface area contributed by atoms with Crippen LogP contribution in [-0.2, 0) is 9.53 Å². The van der Waals surface area contributed by atoms with E-state index in [9.17, 15) is 9.59 Å². The number of hydrogen-bond acceptors (Lipinski definition) is 7. The summed E-state index contributed by atoms with van der Waals surface area (Å²) in [6.45, 7) is 1.51. The standard InChI is InChI=1S/C16H15N5O3S/c1-11(12-5-3-2-4-6-12)18-14(22)9-24-16(23)15-13(7-8-25-15)21-10-17-19-20-21/h2-8,10-11H,9H2,1H3,(H,18,22). The molecule has 1 aromatic carbocycles. The highest BCUT2D eigenvalue weighted by molar-refractivity contribution is 7.12. The molecule has 2 aromatic heterocycles.